The number of ether oxygens (including phenoxy) is 1. The summed E-state index contributed by atoms with van der Waals surface area (Å²) < 4.78 is 7.07. The summed E-state index contributed by atoms with van der Waals surface area (Å²) in [7, 11) is 1.62. The molecule has 0 aliphatic rings. The maximum absolute atomic E-state index is 12.7. The number of hydrogen-bond donors (Lipinski definition) is 1. The van der Waals surface area contributed by atoms with Gasteiger partial charge in [0.25, 0.3) is 5.56 Å². The van der Waals surface area contributed by atoms with Gasteiger partial charge in [-0.2, -0.15) is 5.10 Å². The lowest BCUT2D eigenvalue weighted by atomic mass is 9.99. The monoisotopic (exact) mass is 383 g/mol. The van der Waals surface area contributed by atoms with E-state index in [0.29, 0.717) is 16.7 Å². The first-order valence-electron chi connectivity index (χ1n) is 9.14. The molecule has 29 heavy (non-hydrogen) atoms. The number of methoxy groups -OCH3 is 1. The van der Waals surface area contributed by atoms with Gasteiger partial charge in [-0.15, -0.1) is 0 Å². The molecular weight excluding hydrogens is 366 g/mol. The topological polar surface area (TPSA) is 85.7 Å². The van der Waals surface area contributed by atoms with Gasteiger partial charge in [0.1, 0.15) is 5.75 Å². The number of hydrogen-bond acceptors (Lipinski definition) is 5. The lowest BCUT2D eigenvalue weighted by Gasteiger charge is -2.10. The summed E-state index contributed by atoms with van der Waals surface area (Å²) in [5.74, 6) is 0.743. The summed E-state index contributed by atoms with van der Waals surface area (Å²) in [6.07, 6.45) is 1.37. The Hall–Kier alpha value is -4.00. The minimum atomic E-state index is -0.234. The first kappa shape index (κ1) is 17.1. The molecule has 0 spiro atoms. The normalized spacial score (nSPS) is 11.2. The molecule has 7 heteroatoms. The molecule has 1 N–H and O–H groups in total. The fourth-order valence-electron chi connectivity index (χ4n) is 3.63. The Labute approximate surface area is 165 Å². The number of pyridine rings is 1. The minimum Gasteiger partial charge on any atom is -0.497 e. The third-order valence-electron chi connectivity index (χ3n) is 4.96. The predicted octanol–water partition coefficient (Wildman–Crippen LogP) is 3.64. The van der Waals surface area contributed by atoms with Gasteiger partial charge >= 0.3 is 0 Å². The van der Waals surface area contributed by atoms with E-state index in [0.717, 1.165) is 33.6 Å². The second-order valence-corrected chi connectivity index (χ2v) is 6.68. The van der Waals surface area contributed by atoms with Gasteiger partial charge in [-0.1, -0.05) is 30.3 Å². The molecule has 0 aliphatic heterocycles. The van der Waals surface area contributed by atoms with E-state index in [1.54, 1.807) is 11.8 Å². The van der Waals surface area contributed by atoms with Gasteiger partial charge in [-0.05, 0) is 36.8 Å². The summed E-state index contributed by atoms with van der Waals surface area (Å²) in [6.45, 7) is 1.92. The van der Waals surface area contributed by atoms with Gasteiger partial charge in [0.15, 0.2) is 11.3 Å². The molecule has 0 radical (unpaired) electrons. The highest BCUT2D eigenvalue weighted by Crippen LogP contribution is 2.35. The Morgan fingerprint density at radius 3 is 2.48 bits per heavy atom. The number of nitrogens with zero attached hydrogens (tertiary/aromatic N) is 4. The molecule has 0 amide bonds. The zero-order valence-corrected chi connectivity index (χ0v) is 15.9. The molecule has 5 rings (SSSR count). The molecule has 2 aromatic carbocycles. The van der Waals surface area contributed by atoms with Gasteiger partial charge in [0, 0.05) is 5.56 Å². The highest BCUT2D eigenvalue weighted by atomic mass is 16.5. The lowest BCUT2D eigenvalue weighted by molar-refractivity contribution is 0.415. The van der Waals surface area contributed by atoms with E-state index >= 15 is 0 Å². The number of para-hydroxylation sites is 1. The maximum Gasteiger partial charge on any atom is 0.260 e. The Kier molecular flexibility index (Phi) is 3.87. The van der Waals surface area contributed by atoms with Crippen molar-refractivity contribution >= 4 is 22.1 Å². The van der Waals surface area contributed by atoms with Crippen molar-refractivity contribution in [2.45, 2.75) is 6.92 Å². The lowest BCUT2D eigenvalue weighted by Crippen LogP contribution is -2.09. The van der Waals surface area contributed by atoms with Crippen LogP contribution in [0, 0.1) is 6.92 Å². The third-order valence-corrected chi connectivity index (χ3v) is 4.96. The largest absolute Gasteiger partial charge is 0.497 e. The Morgan fingerprint density at radius 2 is 1.76 bits per heavy atom. The summed E-state index contributed by atoms with van der Waals surface area (Å²) in [5.41, 5.74) is 4.12. The quantitative estimate of drug-likeness (QED) is 0.514. The van der Waals surface area contributed by atoms with Crippen molar-refractivity contribution in [1.29, 1.82) is 0 Å². The zero-order chi connectivity index (χ0) is 20.0. The molecule has 3 heterocycles. The predicted molar refractivity (Wildman–Crippen MR) is 112 cm³/mol. The van der Waals surface area contributed by atoms with Crippen molar-refractivity contribution in [1.82, 2.24) is 24.7 Å². The summed E-state index contributed by atoms with van der Waals surface area (Å²) in [5, 5.41) is 5.99. The molecule has 0 aliphatic carbocycles. The molecule has 0 fully saturated rings. The van der Waals surface area contributed by atoms with Crippen LogP contribution < -0.4 is 10.3 Å². The molecule has 0 bridgehead atoms. The fraction of sp³-hybridized carbons (Fsp3) is 0.0909. The van der Waals surface area contributed by atoms with Gasteiger partial charge in [-0.25, -0.2) is 14.6 Å². The number of fused-ring (bicyclic) bond motifs is 2. The summed E-state index contributed by atoms with van der Waals surface area (Å²) >= 11 is 0. The molecule has 3 aromatic heterocycles. The molecule has 142 valence electrons. The highest BCUT2D eigenvalue weighted by Gasteiger charge is 2.21. The Balaban J connectivity index is 1.94. The van der Waals surface area contributed by atoms with Crippen LogP contribution in [0.1, 0.15) is 5.69 Å². The third kappa shape index (κ3) is 2.67. The zero-order valence-electron chi connectivity index (χ0n) is 15.9. The molecule has 0 saturated heterocycles. The van der Waals surface area contributed by atoms with Gasteiger partial charge in [0.05, 0.1) is 35.6 Å². The van der Waals surface area contributed by atoms with Crippen LogP contribution >= 0.6 is 0 Å². The Morgan fingerprint density at radius 1 is 1.00 bits per heavy atom. The van der Waals surface area contributed by atoms with Crippen LogP contribution in [0.3, 0.4) is 0 Å². The number of H-pyrrole nitrogens is 1. The van der Waals surface area contributed by atoms with Gasteiger partial charge in [-0.3, -0.25) is 4.79 Å². The SMILES string of the molecule is COc1ccc(-c2c3c(C)nn(-c4ccccc4)c3nc3nc[nH]c(=O)c23)cc1. The molecule has 0 atom stereocenters. The van der Waals surface area contributed by atoms with E-state index in [4.69, 9.17) is 14.8 Å². The smallest absolute Gasteiger partial charge is 0.260 e. The molecule has 0 unspecified atom stereocenters. The van der Waals surface area contributed by atoms with E-state index in [-0.39, 0.29) is 5.56 Å². The van der Waals surface area contributed by atoms with Gasteiger partial charge in [0.2, 0.25) is 0 Å². The standard InChI is InChI=1S/C22H17N5O2/c1-13-17-18(14-8-10-16(29-2)11-9-14)19-20(23-12-24-22(19)28)25-21(17)27(26-13)15-6-4-3-5-7-15/h3-12H,1-2H3,(H,23,24,25,28). The highest BCUT2D eigenvalue weighted by molar-refractivity contribution is 6.08. The van der Waals surface area contributed by atoms with Crippen LogP contribution in [-0.2, 0) is 0 Å². The van der Waals surface area contributed by atoms with E-state index in [2.05, 4.69) is 9.97 Å². The number of benzene rings is 2. The van der Waals surface area contributed by atoms with Crippen LogP contribution in [-0.4, -0.2) is 31.8 Å². The second-order valence-electron chi connectivity index (χ2n) is 6.68. The number of aromatic amines is 1. The van der Waals surface area contributed by atoms with Crippen molar-refractivity contribution in [3.8, 4) is 22.6 Å². The minimum absolute atomic E-state index is 0.234. The molecule has 0 saturated carbocycles. The number of rotatable bonds is 3. The van der Waals surface area contributed by atoms with E-state index in [1.807, 2.05) is 61.5 Å². The average molecular weight is 383 g/mol. The van der Waals surface area contributed by atoms with E-state index < -0.39 is 0 Å². The maximum atomic E-state index is 12.7. The van der Waals surface area contributed by atoms with Crippen LogP contribution in [0.4, 0.5) is 0 Å². The van der Waals surface area contributed by atoms with Crippen LogP contribution in [0.5, 0.6) is 5.75 Å². The van der Waals surface area contributed by atoms with Crippen molar-refractivity contribution in [3.05, 3.63) is 77.0 Å². The Bertz CT molecular complexity index is 1400. The number of aryl methyl sites for hydroxylation is 1. The number of nitrogens with one attached hydrogen (secondary N) is 1. The second kappa shape index (κ2) is 6.56. The number of aromatic nitrogens is 5. The average Bonchev–Trinajstić information content (AvgIpc) is 3.09. The van der Waals surface area contributed by atoms with Crippen LogP contribution in [0.25, 0.3) is 38.9 Å². The van der Waals surface area contributed by atoms with Gasteiger partial charge < -0.3 is 9.72 Å². The van der Waals surface area contributed by atoms with Crippen LogP contribution in [0.2, 0.25) is 0 Å². The van der Waals surface area contributed by atoms with E-state index in [9.17, 15) is 4.79 Å². The van der Waals surface area contributed by atoms with Crippen molar-refractivity contribution in [2.75, 3.05) is 7.11 Å². The fourth-order valence-corrected chi connectivity index (χ4v) is 3.63. The molecule has 5 aromatic rings. The summed E-state index contributed by atoms with van der Waals surface area (Å²) in [4.78, 5) is 24.4. The van der Waals surface area contributed by atoms with Crippen molar-refractivity contribution < 1.29 is 4.74 Å². The molecular formula is C22H17N5O2. The first-order valence-corrected chi connectivity index (χ1v) is 9.14. The van der Waals surface area contributed by atoms with Crippen LogP contribution in [0.15, 0.2) is 65.7 Å². The van der Waals surface area contributed by atoms with Crippen molar-refractivity contribution in [2.24, 2.45) is 0 Å². The summed E-state index contributed by atoms with van der Waals surface area (Å²) in [6, 6.07) is 17.4. The van der Waals surface area contributed by atoms with Crippen molar-refractivity contribution in [3.63, 3.8) is 0 Å². The molecule has 7 nitrogen and oxygen atoms in total. The van der Waals surface area contributed by atoms with E-state index in [1.165, 1.54) is 6.33 Å². The first-order chi connectivity index (χ1) is 14.2.